The molecule has 0 aliphatic rings. The largest absolute Gasteiger partial charge is 1.00 e. The summed E-state index contributed by atoms with van der Waals surface area (Å²) in [5, 5.41) is 67.4. The molecular weight excluding hydrogens is 1510 g/mol. The number of hydrogen-bond acceptors (Lipinski definition) is 35. The summed E-state index contributed by atoms with van der Waals surface area (Å²) in [6.45, 7) is 27.9. The summed E-state index contributed by atoms with van der Waals surface area (Å²) < 4.78 is 89.2. The van der Waals surface area contributed by atoms with Gasteiger partial charge in [-0.15, -0.1) is 11.8 Å². The summed E-state index contributed by atoms with van der Waals surface area (Å²) in [7, 11) is -4.52. The van der Waals surface area contributed by atoms with E-state index in [0.29, 0.717) is 49.2 Å². The molecule has 0 rings (SSSR count). The maximum atomic E-state index is 12.7. The molecule has 0 radical (unpaired) electrons. The Balaban J connectivity index is -0.000000735. The zero-order valence-electron chi connectivity index (χ0n) is 63.5. The van der Waals surface area contributed by atoms with Gasteiger partial charge in [-0.1, -0.05) is 81.0 Å². The first-order valence-electron chi connectivity index (χ1n) is 33.9. The summed E-state index contributed by atoms with van der Waals surface area (Å²) in [4.78, 5) is 120. The minimum Gasteiger partial charge on any atom is -0.707 e. The Morgan fingerprint density at radius 2 is 0.943 bits per heavy atom. The van der Waals surface area contributed by atoms with E-state index in [1.54, 1.807) is 34.6 Å². The van der Waals surface area contributed by atoms with Crippen molar-refractivity contribution in [1.29, 1.82) is 0 Å². The molecular formula is C68H116KNO32S4. The van der Waals surface area contributed by atoms with E-state index >= 15 is 0 Å². The topological polar surface area (TPSA) is 481 Å². The summed E-state index contributed by atoms with van der Waals surface area (Å²) in [5.41, 5.74) is -4.18. The number of alkyl carbamates (subject to hydrolysis) is 1. The fourth-order valence-electron chi connectivity index (χ4n) is 7.08. The van der Waals surface area contributed by atoms with Crippen LogP contribution >= 0.6 is 35.3 Å². The zero-order valence-corrected chi connectivity index (χ0v) is 69.9. The summed E-state index contributed by atoms with van der Waals surface area (Å²) in [6.07, 6.45) is -0.243. The van der Waals surface area contributed by atoms with Crippen LogP contribution in [0.1, 0.15) is 128 Å². The summed E-state index contributed by atoms with van der Waals surface area (Å²) in [5.74, 6) is -4.78. The molecule has 33 nitrogen and oxygen atoms in total. The Bertz CT molecular complexity index is 2680. The summed E-state index contributed by atoms with van der Waals surface area (Å²) in [6, 6.07) is 0. The van der Waals surface area contributed by atoms with Gasteiger partial charge in [-0.05, 0) is 46.0 Å². The van der Waals surface area contributed by atoms with Gasteiger partial charge in [0.2, 0.25) is 0 Å². The fraction of sp³-hybridized carbons (Fsp3) is 0.765. The van der Waals surface area contributed by atoms with Crippen molar-refractivity contribution in [3.8, 4) is 0 Å². The molecule has 10 unspecified atom stereocenters. The Labute approximate surface area is 678 Å². The molecule has 0 aromatic heterocycles. The maximum Gasteiger partial charge on any atom is 1.00 e. The minimum absolute atomic E-state index is 0. The second-order valence-electron chi connectivity index (χ2n) is 25.9. The van der Waals surface area contributed by atoms with Gasteiger partial charge in [-0.3, -0.25) is 28.8 Å². The third kappa shape index (κ3) is 59.8. The van der Waals surface area contributed by atoms with Gasteiger partial charge in [0.15, 0.2) is 0 Å². The molecule has 610 valence electrons. The molecule has 7 N–H and O–H groups in total. The van der Waals surface area contributed by atoms with Crippen molar-refractivity contribution < 1.29 is 205 Å². The van der Waals surface area contributed by atoms with Crippen LogP contribution < -0.4 is 62.0 Å². The Kier molecular flexibility index (Phi) is 63.9. The van der Waals surface area contributed by atoms with Crippen LogP contribution in [0.3, 0.4) is 0 Å². The second-order valence-corrected chi connectivity index (χ2v) is 30.8. The third-order valence-electron chi connectivity index (χ3n) is 14.3. The first-order valence-corrected chi connectivity index (χ1v) is 38.9. The number of thioether (sulfide) groups is 3. The number of esters is 9. The van der Waals surface area contributed by atoms with Crippen molar-refractivity contribution in [3.63, 3.8) is 0 Å². The smallest absolute Gasteiger partial charge is 0.707 e. The number of ether oxygens (including phenoxy) is 12. The van der Waals surface area contributed by atoms with Crippen molar-refractivity contribution in [3.05, 3.63) is 38.0 Å². The Morgan fingerprint density at radius 3 is 1.39 bits per heavy atom. The van der Waals surface area contributed by atoms with Crippen LogP contribution in [-0.4, -0.2) is 274 Å². The van der Waals surface area contributed by atoms with Crippen LogP contribution in [0.15, 0.2) is 38.0 Å². The standard InChI is InChI=1S/C23H40O13S2.C23H38O10S.C22H39NO9S.K/c1-5-17(3)11-32-12-19(14-38(30,31)36-29)35-22(28)9-23(4,15-33-20(26)6-2)16-34-21(27)7-8-37-13-18(25)10-24;1-7-18(26)31-14-23(6,15-32-20(28)13-34-12-17(25)10-24)9-19(27)33-16(3)11-30-21(29)22(4,5)8-2;1-5-17(3)13-29-9-7-10-30-21(28)23-22(4,15-31-19(26)6-2)16-32-20(27)8-11-33-14-18(25)12-24;/h6,17-19,24-25,29H,2,5,7-16H2,1,3-4H3;7,16-17,24-25H,1,8-15H2,2-6H3;6,17-18,24-25H,2,5,7-16H2,1,3-4H3,(H,23,28);/q;;;+1/p-1. The molecule has 106 heavy (non-hydrogen) atoms. The quantitative estimate of drug-likeness (QED) is 0.00805. The third-order valence-corrected chi connectivity index (χ3v) is 18.6. The predicted molar refractivity (Wildman–Crippen MR) is 386 cm³/mol. The first kappa shape index (κ1) is 108. The Morgan fingerprint density at radius 1 is 0.528 bits per heavy atom. The molecule has 0 spiro atoms. The van der Waals surface area contributed by atoms with Crippen molar-refractivity contribution in [2.45, 2.75) is 164 Å². The van der Waals surface area contributed by atoms with Crippen molar-refractivity contribution >= 4 is 105 Å². The van der Waals surface area contributed by atoms with Crippen LogP contribution in [-0.2, 0) is 114 Å². The second kappa shape index (κ2) is 62.6. The molecule has 0 aliphatic carbocycles. The van der Waals surface area contributed by atoms with E-state index in [2.05, 4.69) is 43.2 Å². The van der Waals surface area contributed by atoms with Gasteiger partial charge in [0.05, 0.1) is 88.2 Å². The number of nitrogens with one attached hydrogen (secondary N) is 1. The predicted octanol–water partition coefficient (Wildman–Crippen LogP) is 0.0576. The van der Waals surface area contributed by atoms with Crippen LogP contribution in [0.5, 0.6) is 0 Å². The van der Waals surface area contributed by atoms with E-state index in [-0.39, 0.29) is 166 Å². The number of hydrogen-bond donors (Lipinski definition) is 7. The number of rotatable bonds is 58. The zero-order chi connectivity index (χ0) is 80.7. The molecule has 0 saturated carbocycles. The number of carbonyl (C=O) groups excluding carboxylic acids is 10. The van der Waals surface area contributed by atoms with E-state index in [9.17, 15) is 76.9 Å². The first-order chi connectivity index (χ1) is 49.2. The minimum atomic E-state index is -4.52. The van der Waals surface area contributed by atoms with Crippen molar-refractivity contribution in [1.82, 2.24) is 5.32 Å². The maximum absolute atomic E-state index is 12.7. The van der Waals surface area contributed by atoms with Crippen molar-refractivity contribution in [2.75, 3.05) is 139 Å². The van der Waals surface area contributed by atoms with E-state index < -0.39 is 148 Å². The van der Waals surface area contributed by atoms with Gasteiger partial charge in [0.25, 0.3) is 10.1 Å². The van der Waals surface area contributed by atoms with Crippen molar-refractivity contribution in [2.24, 2.45) is 28.1 Å². The van der Waals surface area contributed by atoms with Gasteiger partial charge in [-0.25, -0.2) is 19.2 Å². The Hall–Kier alpha value is -4.04. The number of carbonyl (C=O) groups is 10. The fourth-order valence-corrected chi connectivity index (χ4v) is 10.2. The molecule has 0 saturated heterocycles. The van der Waals surface area contributed by atoms with E-state index in [1.807, 2.05) is 20.8 Å². The molecule has 1 amide bonds. The van der Waals surface area contributed by atoms with Crippen LogP contribution in [0.25, 0.3) is 0 Å². The van der Waals surface area contributed by atoms with Gasteiger partial charge in [-0.2, -0.15) is 31.9 Å². The molecule has 0 aromatic carbocycles. The number of amides is 1. The normalized spacial score (nSPS) is 14.8. The van der Waals surface area contributed by atoms with Crippen LogP contribution in [0, 0.1) is 28.1 Å². The van der Waals surface area contributed by atoms with Gasteiger partial charge in [0.1, 0.15) is 69.7 Å². The van der Waals surface area contributed by atoms with E-state index in [4.69, 9.17) is 72.2 Å². The summed E-state index contributed by atoms with van der Waals surface area (Å²) >= 11 is 3.62. The van der Waals surface area contributed by atoms with Gasteiger partial charge in [0, 0.05) is 84.1 Å². The SMILES string of the molecule is C=CC(=O)OCC(C)(COC(=O)CCSCC(O)CO)CC(=O)OC(COCC(C)CC)CS(=O)(=O)O[O-].C=CC(=O)OCC(C)(COC(=O)CCSCC(O)CO)NC(=O)OCCCOCC(C)CC.C=CC(=O)OCC(C)(COC(=O)CSCC(O)CO)CC(=O)OC(C)COC(=O)C(C)(C)CC.[K+]. The molecule has 38 heteroatoms. The molecule has 0 aliphatic heterocycles. The average Bonchev–Trinajstić information content (AvgIpc) is 0.841. The number of aliphatic hydroxyl groups excluding tert-OH is 6. The molecule has 0 heterocycles. The average molecular weight is 1630 g/mol. The van der Waals surface area contributed by atoms with Gasteiger partial charge >= 0.3 is 111 Å². The van der Waals surface area contributed by atoms with Crippen LogP contribution in [0.2, 0.25) is 0 Å². The molecule has 0 fully saturated rings. The van der Waals surface area contributed by atoms with E-state index in [1.165, 1.54) is 30.4 Å². The number of aliphatic hydroxyl groups is 6. The molecule has 0 aromatic rings. The van der Waals surface area contributed by atoms with E-state index in [0.717, 1.165) is 42.8 Å². The molecule has 10 atom stereocenters. The molecule has 0 bridgehead atoms. The van der Waals surface area contributed by atoms with Gasteiger partial charge < -0.3 is 102 Å². The van der Waals surface area contributed by atoms with Crippen LogP contribution in [0.4, 0.5) is 4.79 Å². The monoisotopic (exact) mass is 1630 g/mol.